The van der Waals surface area contributed by atoms with Gasteiger partial charge in [0, 0.05) is 18.4 Å². The van der Waals surface area contributed by atoms with Crippen LogP contribution in [-0.2, 0) is 11.3 Å². The number of rotatable bonds is 2. The van der Waals surface area contributed by atoms with Crippen LogP contribution < -0.4 is 4.90 Å². The van der Waals surface area contributed by atoms with Crippen LogP contribution >= 0.6 is 0 Å². The fraction of sp³-hybridized carbons (Fsp3) is 0.176. The van der Waals surface area contributed by atoms with Crippen molar-refractivity contribution in [3.8, 4) is 0 Å². The molecular formula is C17H14FNO2. The lowest BCUT2D eigenvalue weighted by Gasteiger charge is -2.22. The second kappa shape index (κ2) is 5.48. The number of halogens is 1. The summed E-state index contributed by atoms with van der Waals surface area (Å²) in [6.07, 6.45) is 0.401. The van der Waals surface area contributed by atoms with E-state index in [-0.39, 0.29) is 36.9 Å². The van der Waals surface area contributed by atoms with Gasteiger partial charge in [0.1, 0.15) is 5.82 Å². The summed E-state index contributed by atoms with van der Waals surface area (Å²) in [5.74, 6) is -0.475. The Hall–Kier alpha value is -2.49. The van der Waals surface area contributed by atoms with Crippen molar-refractivity contribution in [1.29, 1.82) is 0 Å². The van der Waals surface area contributed by atoms with Gasteiger partial charge in [0.2, 0.25) is 5.91 Å². The Morgan fingerprint density at radius 1 is 1.00 bits per heavy atom. The lowest BCUT2D eigenvalue weighted by atomic mass is 10.1. The van der Waals surface area contributed by atoms with E-state index in [0.29, 0.717) is 16.8 Å². The molecule has 1 amide bonds. The molecule has 2 aromatic rings. The summed E-state index contributed by atoms with van der Waals surface area (Å²) in [6.45, 7) is 0.265. The van der Waals surface area contributed by atoms with Crippen molar-refractivity contribution in [3.63, 3.8) is 0 Å². The maximum Gasteiger partial charge on any atom is 0.227 e. The van der Waals surface area contributed by atoms with Crippen molar-refractivity contribution in [1.82, 2.24) is 0 Å². The second-order valence-corrected chi connectivity index (χ2v) is 5.05. The van der Waals surface area contributed by atoms with Crippen LogP contribution in [0.1, 0.15) is 28.8 Å². The SMILES string of the molecule is O=C1CCC(=O)N(Cc2cccc(F)c2)c2ccccc21. The van der Waals surface area contributed by atoms with Crippen molar-refractivity contribution >= 4 is 17.4 Å². The van der Waals surface area contributed by atoms with Gasteiger partial charge in [-0.05, 0) is 29.8 Å². The molecule has 0 saturated carbocycles. The van der Waals surface area contributed by atoms with Gasteiger partial charge in [-0.25, -0.2) is 4.39 Å². The standard InChI is InChI=1S/C17H14FNO2/c18-13-5-3-4-12(10-13)11-19-15-7-2-1-6-14(15)16(20)8-9-17(19)21/h1-7,10H,8-9,11H2. The molecule has 1 aliphatic rings. The molecule has 3 nitrogen and oxygen atoms in total. The minimum Gasteiger partial charge on any atom is -0.307 e. The zero-order valence-electron chi connectivity index (χ0n) is 11.4. The van der Waals surface area contributed by atoms with Crippen LogP contribution in [0.5, 0.6) is 0 Å². The number of carbonyl (C=O) groups excluding carboxylic acids is 2. The Morgan fingerprint density at radius 3 is 2.62 bits per heavy atom. The maximum atomic E-state index is 13.3. The van der Waals surface area contributed by atoms with E-state index in [1.165, 1.54) is 12.1 Å². The average molecular weight is 283 g/mol. The normalized spacial score (nSPS) is 14.8. The Kier molecular flexibility index (Phi) is 3.52. The lowest BCUT2D eigenvalue weighted by molar-refractivity contribution is -0.118. The summed E-state index contributed by atoms with van der Waals surface area (Å²) >= 11 is 0. The van der Waals surface area contributed by atoms with E-state index >= 15 is 0 Å². The largest absolute Gasteiger partial charge is 0.307 e. The Labute approximate surface area is 122 Å². The van der Waals surface area contributed by atoms with E-state index in [2.05, 4.69) is 0 Å². The van der Waals surface area contributed by atoms with Crippen LogP contribution in [0.4, 0.5) is 10.1 Å². The molecule has 21 heavy (non-hydrogen) atoms. The molecule has 0 bridgehead atoms. The molecule has 3 rings (SSSR count). The van der Waals surface area contributed by atoms with E-state index in [1.54, 1.807) is 41.3 Å². The molecule has 0 radical (unpaired) electrons. The fourth-order valence-electron chi connectivity index (χ4n) is 2.56. The van der Waals surface area contributed by atoms with Crippen molar-refractivity contribution in [2.75, 3.05) is 4.90 Å². The van der Waals surface area contributed by atoms with Crippen molar-refractivity contribution < 1.29 is 14.0 Å². The number of benzene rings is 2. The van der Waals surface area contributed by atoms with Crippen LogP contribution in [0, 0.1) is 5.82 Å². The predicted molar refractivity (Wildman–Crippen MR) is 77.6 cm³/mol. The number of amides is 1. The van der Waals surface area contributed by atoms with Crippen molar-refractivity contribution in [2.24, 2.45) is 0 Å². The number of para-hydroxylation sites is 1. The highest BCUT2D eigenvalue weighted by molar-refractivity contribution is 6.09. The quantitative estimate of drug-likeness (QED) is 0.847. The Bertz CT molecular complexity index is 711. The van der Waals surface area contributed by atoms with Gasteiger partial charge >= 0.3 is 0 Å². The number of nitrogens with zero attached hydrogens (tertiary/aromatic N) is 1. The molecule has 2 aromatic carbocycles. The summed E-state index contributed by atoms with van der Waals surface area (Å²) in [6, 6.07) is 13.2. The van der Waals surface area contributed by atoms with Crippen molar-refractivity contribution in [2.45, 2.75) is 19.4 Å². The van der Waals surface area contributed by atoms with Gasteiger partial charge in [0.25, 0.3) is 0 Å². The Balaban J connectivity index is 2.01. The lowest BCUT2D eigenvalue weighted by Crippen LogP contribution is -2.29. The van der Waals surface area contributed by atoms with E-state index in [1.807, 2.05) is 0 Å². The average Bonchev–Trinajstić information content (AvgIpc) is 2.60. The molecule has 0 atom stereocenters. The molecule has 1 aliphatic heterocycles. The number of hydrogen-bond donors (Lipinski definition) is 0. The predicted octanol–water partition coefficient (Wildman–Crippen LogP) is 3.34. The molecule has 4 heteroatoms. The van der Waals surface area contributed by atoms with Crippen LogP contribution in [0.25, 0.3) is 0 Å². The molecule has 0 aromatic heterocycles. The molecule has 1 heterocycles. The smallest absolute Gasteiger partial charge is 0.227 e. The highest BCUT2D eigenvalue weighted by Gasteiger charge is 2.26. The monoisotopic (exact) mass is 283 g/mol. The number of carbonyl (C=O) groups is 2. The molecule has 0 fully saturated rings. The van der Waals surface area contributed by atoms with Gasteiger partial charge in [0.15, 0.2) is 5.78 Å². The molecule has 0 saturated heterocycles. The summed E-state index contributed by atoms with van der Waals surface area (Å²) in [4.78, 5) is 25.9. The van der Waals surface area contributed by atoms with Gasteiger partial charge in [-0.1, -0.05) is 24.3 Å². The number of Topliss-reactive ketones (excluding diaryl/α,β-unsaturated/α-hetero) is 1. The van der Waals surface area contributed by atoms with Gasteiger partial charge in [-0.2, -0.15) is 0 Å². The fourth-order valence-corrected chi connectivity index (χ4v) is 2.56. The van der Waals surface area contributed by atoms with Gasteiger partial charge < -0.3 is 4.90 Å². The first kappa shape index (κ1) is 13.5. The molecule has 0 spiro atoms. The summed E-state index contributed by atoms with van der Waals surface area (Å²) < 4.78 is 13.3. The minimum atomic E-state index is -0.334. The number of anilines is 1. The third-order valence-corrected chi connectivity index (χ3v) is 3.59. The first-order valence-electron chi connectivity index (χ1n) is 6.82. The number of hydrogen-bond acceptors (Lipinski definition) is 2. The number of fused-ring (bicyclic) bond motifs is 1. The topological polar surface area (TPSA) is 37.4 Å². The van der Waals surface area contributed by atoms with Gasteiger partial charge in [0.05, 0.1) is 12.2 Å². The molecule has 0 unspecified atom stereocenters. The molecule has 106 valence electrons. The van der Waals surface area contributed by atoms with E-state index in [4.69, 9.17) is 0 Å². The number of ketones is 1. The van der Waals surface area contributed by atoms with Gasteiger partial charge in [-0.15, -0.1) is 0 Å². The highest BCUT2D eigenvalue weighted by atomic mass is 19.1. The van der Waals surface area contributed by atoms with E-state index in [9.17, 15) is 14.0 Å². The molecular weight excluding hydrogens is 269 g/mol. The zero-order valence-corrected chi connectivity index (χ0v) is 11.4. The summed E-state index contributed by atoms with van der Waals surface area (Å²) in [5.41, 5.74) is 1.86. The minimum absolute atomic E-state index is 0.0271. The highest BCUT2D eigenvalue weighted by Crippen LogP contribution is 2.28. The van der Waals surface area contributed by atoms with Crippen LogP contribution in [0.3, 0.4) is 0 Å². The second-order valence-electron chi connectivity index (χ2n) is 5.05. The van der Waals surface area contributed by atoms with Crippen LogP contribution in [0.2, 0.25) is 0 Å². The Morgan fingerprint density at radius 2 is 1.81 bits per heavy atom. The first-order chi connectivity index (χ1) is 10.1. The summed E-state index contributed by atoms with van der Waals surface area (Å²) in [5, 5.41) is 0. The van der Waals surface area contributed by atoms with Gasteiger partial charge in [-0.3, -0.25) is 9.59 Å². The third kappa shape index (κ3) is 2.70. The molecule has 0 aliphatic carbocycles. The van der Waals surface area contributed by atoms with Crippen molar-refractivity contribution in [3.05, 3.63) is 65.5 Å². The van der Waals surface area contributed by atoms with Crippen LogP contribution in [0.15, 0.2) is 48.5 Å². The van der Waals surface area contributed by atoms with Crippen LogP contribution in [-0.4, -0.2) is 11.7 Å². The molecule has 0 N–H and O–H groups in total. The summed E-state index contributed by atoms with van der Waals surface area (Å²) in [7, 11) is 0. The van der Waals surface area contributed by atoms with E-state index < -0.39 is 0 Å². The maximum absolute atomic E-state index is 13.3. The third-order valence-electron chi connectivity index (χ3n) is 3.59. The first-order valence-corrected chi connectivity index (χ1v) is 6.82. The van der Waals surface area contributed by atoms with E-state index in [0.717, 1.165) is 0 Å². The zero-order chi connectivity index (χ0) is 14.8.